The van der Waals surface area contributed by atoms with Gasteiger partial charge in [-0.2, -0.15) is 11.3 Å². The van der Waals surface area contributed by atoms with Gasteiger partial charge in [-0.15, -0.1) is 0 Å². The van der Waals surface area contributed by atoms with E-state index < -0.39 is 0 Å². The SMILES string of the molecule is CC(N)c1cccc(-c2ccsc2)c1. The van der Waals surface area contributed by atoms with Gasteiger partial charge >= 0.3 is 0 Å². The van der Waals surface area contributed by atoms with Crippen LogP contribution in [0.4, 0.5) is 0 Å². The van der Waals surface area contributed by atoms with E-state index in [1.54, 1.807) is 11.3 Å². The molecular formula is C12H13NS. The molecule has 2 rings (SSSR count). The molecule has 2 heteroatoms. The largest absolute Gasteiger partial charge is 0.324 e. The first-order chi connectivity index (χ1) is 6.77. The van der Waals surface area contributed by atoms with Crippen molar-refractivity contribution in [2.75, 3.05) is 0 Å². The molecule has 0 amide bonds. The van der Waals surface area contributed by atoms with E-state index in [-0.39, 0.29) is 6.04 Å². The van der Waals surface area contributed by atoms with Crippen molar-refractivity contribution in [3.63, 3.8) is 0 Å². The van der Waals surface area contributed by atoms with Crippen LogP contribution >= 0.6 is 11.3 Å². The van der Waals surface area contributed by atoms with Crippen LogP contribution in [0.5, 0.6) is 0 Å². The van der Waals surface area contributed by atoms with E-state index in [1.807, 2.05) is 6.92 Å². The average molecular weight is 203 g/mol. The normalized spacial score (nSPS) is 12.7. The Hall–Kier alpha value is -1.12. The molecule has 0 bridgehead atoms. The Labute approximate surface area is 88.2 Å². The van der Waals surface area contributed by atoms with Crippen molar-refractivity contribution in [3.8, 4) is 11.1 Å². The summed E-state index contributed by atoms with van der Waals surface area (Å²) in [5.74, 6) is 0. The van der Waals surface area contributed by atoms with Gasteiger partial charge in [0.2, 0.25) is 0 Å². The third kappa shape index (κ3) is 1.86. The van der Waals surface area contributed by atoms with Crippen LogP contribution in [-0.4, -0.2) is 0 Å². The second kappa shape index (κ2) is 3.95. The summed E-state index contributed by atoms with van der Waals surface area (Å²) in [6.45, 7) is 2.01. The zero-order valence-electron chi connectivity index (χ0n) is 8.10. The molecule has 1 atom stereocenters. The number of thiophene rings is 1. The molecule has 0 saturated heterocycles. The Morgan fingerprint density at radius 2 is 2.07 bits per heavy atom. The highest BCUT2D eigenvalue weighted by atomic mass is 32.1. The summed E-state index contributed by atoms with van der Waals surface area (Å²) in [4.78, 5) is 0. The van der Waals surface area contributed by atoms with E-state index >= 15 is 0 Å². The van der Waals surface area contributed by atoms with Crippen molar-refractivity contribution < 1.29 is 0 Å². The lowest BCUT2D eigenvalue weighted by atomic mass is 10.0. The van der Waals surface area contributed by atoms with E-state index in [0.29, 0.717) is 0 Å². The summed E-state index contributed by atoms with van der Waals surface area (Å²) in [5, 5.41) is 4.24. The number of hydrogen-bond donors (Lipinski definition) is 1. The minimum atomic E-state index is 0.105. The van der Waals surface area contributed by atoms with Crippen LogP contribution in [0.3, 0.4) is 0 Å². The van der Waals surface area contributed by atoms with Crippen LogP contribution in [0.25, 0.3) is 11.1 Å². The third-order valence-corrected chi connectivity index (χ3v) is 2.95. The maximum Gasteiger partial charge on any atom is 0.0266 e. The first-order valence-electron chi connectivity index (χ1n) is 4.65. The van der Waals surface area contributed by atoms with Gasteiger partial charge in [0, 0.05) is 6.04 Å². The van der Waals surface area contributed by atoms with Gasteiger partial charge in [-0.05, 0) is 46.5 Å². The lowest BCUT2D eigenvalue weighted by Gasteiger charge is -2.06. The summed E-state index contributed by atoms with van der Waals surface area (Å²) in [6, 6.07) is 10.6. The minimum Gasteiger partial charge on any atom is -0.324 e. The highest BCUT2D eigenvalue weighted by molar-refractivity contribution is 7.08. The van der Waals surface area contributed by atoms with Crippen LogP contribution < -0.4 is 5.73 Å². The molecule has 72 valence electrons. The molecule has 14 heavy (non-hydrogen) atoms. The second-order valence-electron chi connectivity index (χ2n) is 3.43. The molecule has 0 spiro atoms. The molecule has 1 nitrogen and oxygen atoms in total. The Morgan fingerprint density at radius 3 is 2.71 bits per heavy atom. The molecule has 0 saturated carbocycles. The molecular weight excluding hydrogens is 190 g/mol. The summed E-state index contributed by atoms with van der Waals surface area (Å²) in [6.07, 6.45) is 0. The van der Waals surface area contributed by atoms with E-state index in [1.165, 1.54) is 16.7 Å². The molecule has 0 aliphatic rings. The van der Waals surface area contributed by atoms with Gasteiger partial charge in [0.15, 0.2) is 0 Å². The first-order valence-corrected chi connectivity index (χ1v) is 5.60. The van der Waals surface area contributed by atoms with Crippen LogP contribution in [-0.2, 0) is 0 Å². The van der Waals surface area contributed by atoms with Crippen LogP contribution in [0.15, 0.2) is 41.1 Å². The molecule has 1 aromatic heterocycles. The van der Waals surface area contributed by atoms with Crippen molar-refractivity contribution in [1.29, 1.82) is 0 Å². The topological polar surface area (TPSA) is 26.0 Å². The van der Waals surface area contributed by atoms with Gasteiger partial charge in [0.05, 0.1) is 0 Å². The minimum absolute atomic E-state index is 0.105. The molecule has 2 aromatic rings. The quantitative estimate of drug-likeness (QED) is 0.795. The number of rotatable bonds is 2. The Kier molecular flexibility index (Phi) is 2.66. The van der Waals surface area contributed by atoms with Crippen LogP contribution in [0.1, 0.15) is 18.5 Å². The molecule has 2 N–H and O–H groups in total. The molecule has 0 fully saturated rings. The zero-order chi connectivity index (χ0) is 9.97. The first kappa shape index (κ1) is 9.44. The fourth-order valence-electron chi connectivity index (χ4n) is 1.43. The standard InChI is InChI=1S/C12H13NS/c1-9(13)10-3-2-4-11(7-10)12-5-6-14-8-12/h2-9H,13H2,1H3. The molecule has 0 radical (unpaired) electrons. The highest BCUT2D eigenvalue weighted by Crippen LogP contribution is 2.24. The van der Waals surface area contributed by atoms with Crippen molar-refractivity contribution >= 4 is 11.3 Å². The van der Waals surface area contributed by atoms with E-state index in [2.05, 4.69) is 41.1 Å². The van der Waals surface area contributed by atoms with E-state index in [9.17, 15) is 0 Å². The molecule has 1 heterocycles. The lowest BCUT2D eigenvalue weighted by Crippen LogP contribution is -2.04. The van der Waals surface area contributed by atoms with Crippen LogP contribution in [0.2, 0.25) is 0 Å². The fraction of sp³-hybridized carbons (Fsp3) is 0.167. The van der Waals surface area contributed by atoms with Gasteiger partial charge in [0.1, 0.15) is 0 Å². The van der Waals surface area contributed by atoms with Gasteiger partial charge < -0.3 is 5.73 Å². The number of hydrogen-bond acceptors (Lipinski definition) is 2. The van der Waals surface area contributed by atoms with Crippen molar-refractivity contribution in [1.82, 2.24) is 0 Å². The predicted octanol–water partition coefficient (Wildman–Crippen LogP) is 3.43. The van der Waals surface area contributed by atoms with Crippen molar-refractivity contribution in [3.05, 3.63) is 46.7 Å². The average Bonchev–Trinajstić information content (AvgIpc) is 2.71. The predicted molar refractivity (Wildman–Crippen MR) is 62.4 cm³/mol. The van der Waals surface area contributed by atoms with Gasteiger partial charge in [-0.3, -0.25) is 0 Å². The molecule has 1 aromatic carbocycles. The molecule has 1 unspecified atom stereocenters. The molecule has 0 aliphatic heterocycles. The number of benzene rings is 1. The lowest BCUT2D eigenvalue weighted by molar-refractivity contribution is 0.819. The van der Waals surface area contributed by atoms with Crippen molar-refractivity contribution in [2.45, 2.75) is 13.0 Å². The Bertz CT molecular complexity index is 404. The molecule has 0 aliphatic carbocycles. The van der Waals surface area contributed by atoms with Crippen molar-refractivity contribution in [2.24, 2.45) is 5.73 Å². The zero-order valence-corrected chi connectivity index (χ0v) is 8.92. The highest BCUT2D eigenvalue weighted by Gasteiger charge is 2.02. The monoisotopic (exact) mass is 203 g/mol. The van der Waals surface area contributed by atoms with Gasteiger partial charge in [-0.25, -0.2) is 0 Å². The van der Waals surface area contributed by atoms with E-state index in [4.69, 9.17) is 5.73 Å². The summed E-state index contributed by atoms with van der Waals surface area (Å²) < 4.78 is 0. The summed E-state index contributed by atoms with van der Waals surface area (Å²) in [7, 11) is 0. The summed E-state index contributed by atoms with van der Waals surface area (Å²) >= 11 is 1.72. The second-order valence-corrected chi connectivity index (χ2v) is 4.21. The van der Waals surface area contributed by atoms with Gasteiger partial charge in [0.25, 0.3) is 0 Å². The van der Waals surface area contributed by atoms with E-state index in [0.717, 1.165) is 0 Å². The number of nitrogens with two attached hydrogens (primary N) is 1. The van der Waals surface area contributed by atoms with Gasteiger partial charge in [-0.1, -0.05) is 18.2 Å². The van der Waals surface area contributed by atoms with Crippen LogP contribution in [0, 0.1) is 0 Å². The maximum atomic E-state index is 5.84. The Morgan fingerprint density at radius 1 is 1.21 bits per heavy atom. The third-order valence-electron chi connectivity index (χ3n) is 2.27. The smallest absolute Gasteiger partial charge is 0.0266 e. The fourth-order valence-corrected chi connectivity index (χ4v) is 2.10. The Balaban J connectivity index is 2.41. The summed E-state index contributed by atoms with van der Waals surface area (Å²) in [5.41, 5.74) is 9.55. The maximum absolute atomic E-state index is 5.84.